The fourth-order valence-corrected chi connectivity index (χ4v) is 2.02. The van der Waals surface area contributed by atoms with Crippen LogP contribution in [0.15, 0.2) is 36.5 Å². The summed E-state index contributed by atoms with van der Waals surface area (Å²) in [5, 5.41) is 0. The van der Waals surface area contributed by atoms with Gasteiger partial charge in [0, 0.05) is 30.6 Å². The molecule has 2 aromatic rings. The SMILES string of the molecule is Cc1ccc(N(C)C(=O)c2ccnc(F)c2)c(C)c1. The van der Waals surface area contributed by atoms with Crippen LogP contribution in [0.3, 0.4) is 0 Å². The number of carbonyl (C=O) groups excluding carboxylic acids is 1. The maximum absolute atomic E-state index is 13.0. The second kappa shape index (κ2) is 5.18. The van der Waals surface area contributed by atoms with Crippen molar-refractivity contribution in [2.75, 3.05) is 11.9 Å². The van der Waals surface area contributed by atoms with Crippen LogP contribution in [0.5, 0.6) is 0 Å². The van der Waals surface area contributed by atoms with Gasteiger partial charge < -0.3 is 4.90 Å². The predicted octanol–water partition coefficient (Wildman–Crippen LogP) is 3.11. The lowest BCUT2D eigenvalue weighted by molar-refractivity contribution is 0.0992. The molecular formula is C15H15FN2O. The average Bonchev–Trinajstić information content (AvgIpc) is 2.37. The van der Waals surface area contributed by atoms with Crippen molar-refractivity contribution in [3.8, 4) is 0 Å². The van der Waals surface area contributed by atoms with Gasteiger partial charge >= 0.3 is 0 Å². The number of hydrogen-bond donors (Lipinski definition) is 0. The summed E-state index contributed by atoms with van der Waals surface area (Å²) in [6.45, 7) is 3.94. The standard InChI is InChI=1S/C15H15FN2O/c1-10-4-5-13(11(2)8-10)18(3)15(19)12-6-7-17-14(16)9-12/h4-9H,1-3H3. The van der Waals surface area contributed by atoms with E-state index in [0.29, 0.717) is 0 Å². The van der Waals surface area contributed by atoms with Crippen molar-refractivity contribution in [2.24, 2.45) is 0 Å². The van der Waals surface area contributed by atoms with Crippen LogP contribution < -0.4 is 4.90 Å². The first-order valence-electron chi connectivity index (χ1n) is 5.96. The monoisotopic (exact) mass is 258 g/mol. The molecule has 0 saturated carbocycles. The van der Waals surface area contributed by atoms with Gasteiger partial charge in [-0.15, -0.1) is 0 Å². The Bertz CT molecular complexity index is 625. The molecule has 2 rings (SSSR count). The molecule has 0 spiro atoms. The van der Waals surface area contributed by atoms with Crippen LogP contribution in [-0.2, 0) is 0 Å². The lowest BCUT2D eigenvalue weighted by atomic mass is 10.1. The van der Waals surface area contributed by atoms with E-state index in [1.54, 1.807) is 7.05 Å². The molecule has 98 valence electrons. The Labute approximate surface area is 111 Å². The largest absolute Gasteiger partial charge is 0.311 e. The van der Waals surface area contributed by atoms with Gasteiger partial charge in [0.15, 0.2) is 0 Å². The molecule has 3 nitrogen and oxygen atoms in total. The number of rotatable bonds is 2. The van der Waals surface area contributed by atoms with Crippen molar-refractivity contribution < 1.29 is 9.18 Å². The van der Waals surface area contributed by atoms with Gasteiger partial charge in [0.05, 0.1) is 0 Å². The number of hydrogen-bond acceptors (Lipinski definition) is 2. The summed E-state index contributed by atoms with van der Waals surface area (Å²) in [5.74, 6) is -0.909. The Morgan fingerprint density at radius 2 is 1.95 bits per heavy atom. The fraction of sp³-hybridized carbons (Fsp3) is 0.200. The van der Waals surface area contributed by atoms with Crippen LogP contribution >= 0.6 is 0 Å². The topological polar surface area (TPSA) is 33.2 Å². The van der Waals surface area contributed by atoms with E-state index in [-0.39, 0.29) is 11.5 Å². The smallest absolute Gasteiger partial charge is 0.258 e. The molecule has 0 radical (unpaired) electrons. The van der Waals surface area contributed by atoms with Crippen molar-refractivity contribution >= 4 is 11.6 Å². The van der Waals surface area contributed by atoms with Gasteiger partial charge in [0.2, 0.25) is 5.95 Å². The Hall–Kier alpha value is -2.23. The minimum atomic E-state index is -0.653. The van der Waals surface area contributed by atoms with Gasteiger partial charge in [-0.25, -0.2) is 4.98 Å². The van der Waals surface area contributed by atoms with E-state index in [1.165, 1.54) is 17.2 Å². The summed E-state index contributed by atoms with van der Waals surface area (Å²) in [6, 6.07) is 8.49. The summed E-state index contributed by atoms with van der Waals surface area (Å²) in [5.41, 5.74) is 3.24. The number of aromatic nitrogens is 1. The zero-order valence-electron chi connectivity index (χ0n) is 11.1. The van der Waals surface area contributed by atoms with Gasteiger partial charge in [-0.2, -0.15) is 4.39 Å². The minimum Gasteiger partial charge on any atom is -0.311 e. The first kappa shape index (κ1) is 13.2. The van der Waals surface area contributed by atoms with Crippen molar-refractivity contribution in [3.63, 3.8) is 0 Å². The molecule has 0 aliphatic carbocycles. The highest BCUT2D eigenvalue weighted by Crippen LogP contribution is 2.21. The average molecular weight is 258 g/mol. The van der Waals surface area contributed by atoms with Gasteiger partial charge in [0.25, 0.3) is 5.91 Å². The van der Waals surface area contributed by atoms with Crippen LogP contribution in [-0.4, -0.2) is 17.9 Å². The van der Waals surface area contributed by atoms with E-state index in [9.17, 15) is 9.18 Å². The number of amides is 1. The molecule has 0 unspecified atom stereocenters. The summed E-state index contributed by atoms with van der Waals surface area (Å²) < 4.78 is 13.0. The summed E-state index contributed by atoms with van der Waals surface area (Å²) in [6.07, 6.45) is 1.29. The fourth-order valence-electron chi connectivity index (χ4n) is 2.02. The van der Waals surface area contributed by atoms with Crippen LogP contribution in [0, 0.1) is 19.8 Å². The predicted molar refractivity (Wildman–Crippen MR) is 72.8 cm³/mol. The molecule has 1 amide bonds. The van der Waals surface area contributed by atoms with Gasteiger partial charge in [-0.05, 0) is 31.5 Å². The number of halogens is 1. The first-order valence-corrected chi connectivity index (χ1v) is 5.96. The first-order chi connectivity index (χ1) is 8.99. The maximum Gasteiger partial charge on any atom is 0.258 e. The van der Waals surface area contributed by atoms with Crippen molar-refractivity contribution in [3.05, 3.63) is 59.2 Å². The van der Waals surface area contributed by atoms with Crippen molar-refractivity contribution in [1.82, 2.24) is 4.98 Å². The second-order valence-electron chi connectivity index (χ2n) is 4.52. The van der Waals surface area contributed by atoms with Crippen molar-refractivity contribution in [1.29, 1.82) is 0 Å². The number of nitrogens with zero attached hydrogens (tertiary/aromatic N) is 2. The van der Waals surface area contributed by atoms with E-state index >= 15 is 0 Å². The maximum atomic E-state index is 13.0. The zero-order chi connectivity index (χ0) is 14.0. The number of carbonyl (C=O) groups is 1. The molecule has 0 atom stereocenters. The number of anilines is 1. The molecular weight excluding hydrogens is 243 g/mol. The molecule has 0 fully saturated rings. The molecule has 0 N–H and O–H groups in total. The number of pyridine rings is 1. The summed E-state index contributed by atoms with van der Waals surface area (Å²) >= 11 is 0. The lowest BCUT2D eigenvalue weighted by Crippen LogP contribution is -2.27. The van der Waals surface area contributed by atoms with E-state index in [1.807, 2.05) is 32.0 Å². The molecule has 1 heterocycles. The highest BCUT2D eigenvalue weighted by Gasteiger charge is 2.15. The van der Waals surface area contributed by atoms with Gasteiger partial charge in [0.1, 0.15) is 0 Å². The van der Waals surface area contributed by atoms with Gasteiger partial charge in [-0.1, -0.05) is 17.7 Å². The molecule has 0 aliphatic rings. The molecule has 19 heavy (non-hydrogen) atoms. The van der Waals surface area contributed by atoms with Crippen LogP contribution in [0.25, 0.3) is 0 Å². The highest BCUT2D eigenvalue weighted by atomic mass is 19.1. The Kier molecular flexibility index (Phi) is 3.60. The van der Waals surface area contributed by atoms with E-state index < -0.39 is 5.95 Å². The molecule has 0 aliphatic heterocycles. The van der Waals surface area contributed by atoms with Crippen LogP contribution in [0.2, 0.25) is 0 Å². The molecule has 4 heteroatoms. The molecule has 1 aromatic heterocycles. The Balaban J connectivity index is 2.33. The third-order valence-corrected chi connectivity index (χ3v) is 2.99. The minimum absolute atomic E-state index is 0.256. The van der Waals surface area contributed by atoms with Gasteiger partial charge in [-0.3, -0.25) is 4.79 Å². The van der Waals surface area contributed by atoms with E-state index in [0.717, 1.165) is 22.9 Å². The van der Waals surface area contributed by atoms with Crippen LogP contribution in [0.4, 0.5) is 10.1 Å². The highest BCUT2D eigenvalue weighted by molar-refractivity contribution is 6.06. The Morgan fingerprint density at radius 1 is 1.21 bits per heavy atom. The molecule has 0 saturated heterocycles. The second-order valence-corrected chi connectivity index (χ2v) is 4.52. The normalized spacial score (nSPS) is 10.3. The Morgan fingerprint density at radius 3 is 2.58 bits per heavy atom. The number of aryl methyl sites for hydroxylation is 2. The third kappa shape index (κ3) is 2.78. The van der Waals surface area contributed by atoms with E-state index in [4.69, 9.17) is 0 Å². The zero-order valence-corrected chi connectivity index (χ0v) is 11.1. The number of benzene rings is 1. The van der Waals surface area contributed by atoms with Crippen LogP contribution in [0.1, 0.15) is 21.5 Å². The molecule has 1 aromatic carbocycles. The quantitative estimate of drug-likeness (QED) is 0.775. The lowest BCUT2D eigenvalue weighted by Gasteiger charge is -2.20. The summed E-state index contributed by atoms with van der Waals surface area (Å²) in [7, 11) is 1.68. The third-order valence-electron chi connectivity index (χ3n) is 2.99. The van der Waals surface area contributed by atoms with Crippen molar-refractivity contribution in [2.45, 2.75) is 13.8 Å². The van der Waals surface area contributed by atoms with E-state index in [2.05, 4.69) is 4.98 Å². The molecule has 0 bridgehead atoms. The summed E-state index contributed by atoms with van der Waals surface area (Å²) in [4.78, 5) is 17.2.